The van der Waals surface area contributed by atoms with Crippen molar-refractivity contribution in [3.05, 3.63) is 24.3 Å². The first-order chi connectivity index (χ1) is 17.8. The lowest BCUT2D eigenvalue weighted by atomic mass is 9.89. The van der Waals surface area contributed by atoms with E-state index in [0.29, 0.717) is 12.1 Å². The summed E-state index contributed by atoms with van der Waals surface area (Å²) in [6.45, 7) is 10.4. The fourth-order valence-electron chi connectivity index (χ4n) is 5.80. The van der Waals surface area contributed by atoms with Gasteiger partial charge in [-0.15, -0.1) is 10.2 Å². The number of rotatable bonds is 15. The molecule has 2 unspecified atom stereocenters. The average Bonchev–Trinajstić information content (AvgIpc) is 3.58. The highest BCUT2D eigenvalue weighted by atomic mass is 16.5. The molecule has 0 amide bonds. The van der Waals surface area contributed by atoms with Crippen molar-refractivity contribution in [3.63, 3.8) is 0 Å². The zero-order valence-corrected chi connectivity index (χ0v) is 23.7. The van der Waals surface area contributed by atoms with E-state index in [4.69, 9.17) is 4.74 Å². The lowest BCUT2D eigenvalue weighted by Gasteiger charge is -2.19. The van der Waals surface area contributed by atoms with Crippen LogP contribution in [0.1, 0.15) is 129 Å². The molecule has 4 rings (SSSR count). The van der Waals surface area contributed by atoms with Crippen molar-refractivity contribution in [3.8, 4) is 0 Å². The van der Waals surface area contributed by atoms with Crippen LogP contribution in [0.2, 0.25) is 0 Å². The van der Waals surface area contributed by atoms with Gasteiger partial charge in [0, 0.05) is 18.7 Å². The van der Waals surface area contributed by atoms with Crippen LogP contribution in [0.5, 0.6) is 0 Å². The topological polar surface area (TPSA) is 77.5 Å². The highest BCUT2D eigenvalue weighted by Gasteiger charge is 2.38. The summed E-state index contributed by atoms with van der Waals surface area (Å²) >= 11 is 0. The highest BCUT2D eigenvalue weighted by molar-refractivity contribution is 5.75. The second-order valence-electron chi connectivity index (χ2n) is 12.6. The number of unbranched alkanes of at least 4 members (excludes halogenated alkanes) is 8. The summed E-state index contributed by atoms with van der Waals surface area (Å²) in [6.07, 6.45) is 20.4. The predicted molar refractivity (Wildman–Crippen MR) is 150 cm³/mol. The molecule has 3 aromatic heterocycles. The summed E-state index contributed by atoms with van der Waals surface area (Å²) in [5.41, 5.74) is 2.57. The van der Waals surface area contributed by atoms with Gasteiger partial charge in [0.1, 0.15) is 12.6 Å². The van der Waals surface area contributed by atoms with Gasteiger partial charge in [0.25, 0.3) is 0 Å². The smallest absolute Gasteiger partial charge is 0.179 e. The van der Waals surface area contributed by atoms with E-state index in [0.717, 1.165) is 61.3 Å². The number of ether oxygens (including phenoxy) is 1. The Balaban J connectivity index is 1.17. The Kier molecular flexibility index (Phi) is 9.62. The Bertz CT molecular complexity index is 1110. The first kappa shape index (κ1) is 28.0. The fraction of sp³-hybridized carbons (Fsp3) is 0.767. The van der Waals surface area contributed by atoms with Crippen molar-refractivity contribution in [1.82, 2.24) is 24.1 Å². The summed E-state index contributed by atoms with van der Waals surface area (Å²) < 4.78 is 10.2. The van der Waals surface area contributed by atoms with Crippen molar-refractivity contribution in [2.24, 2.45) is 5.41 Å². The van der Waals surface area contributed by atoms with E-state index in [1.54, 1.807) is 6.20 Å². The molecular formula is C30H49N5O2. The first-order valence-corrected chi connectivity index (χ1v) is 14.8. The lowest BCUT2D eigenvalue weighted by Crippen LogP contribution is -2.23. The van der Waals surface area contributed by atoms with Crippen LogP contribution in [0.4, 0.5) is 0 Å². The normalized spacial score (nSPS) is 20.5. The van der Waals surface area contributed by atoms with Crippen LogP contribution in [-0.4, -0.2) is 41.5 Å². The maximum absolute atomic E-state index is 10.7. The summed E-state index contributed by atoms with van der Waals surface area (Å²) in [7, 11) is 0. The van der Waals surface area contributed by atoms with Crippen LogP contribution in [0.15, 0.2) is 18.5 Å². The van der Waals surface area contributed by atoms with Crippen LogP contribution in [-0.2, 0) is 11.5 Å². The minimum Gasteiger partial charge on any atom is -0.390 e. The van der Waals surface area contributed by atoms with E-state index in [-0.39, 0.29) is 5.92 Å². The molecular weight excluding hydrogens is 462 g/mol. The maximum Gasteiger partial charge on any atom is 0.179 e. The molecule has 1 aliphatic carbocycles. The molecule has 1 N–H and O–H groups in total. The zero-order valence-electron chi connectivity index (χ0n) is 23.7. The van der Waals surface area contributed by atoms with E-state index in [1.807, 2.05) is 6.20 Å². The lowest BCUT2D eigenvalue weighted by molar-refractivity contribution is 0.0421. The van der Waals surface area contributed by atoms with E-state index in [9.17, 15) is 5.11 Å². The van der Waals surface area contributed by atoms with E-state index >= 15 is 0 Å². The third kappa shape index (κ3) is 7.53. The maximum atomic E-state index is 10.7. The molecule has 206 valence electrons. The van der Waals surface area contributed by atoms with Crippen LogP contribution < -0.4 is 0 Å². The zero-order chi connectivity index (χ0) is 26.3. The quantitative estimate of drug-likeness (QED) is 0.215. The monoisotopic (exact) mass is 511 g/mol. The fourth-order valence-corrected chi connectivity index (χ4v) is 5.80. The van der Waals surface area contributed by atoms with Gasteiger partial charge in [0.05, 0.1) is 17.3 Å². The molecule has 1 fully saturated rings. The van der Waals surface area contributed by atoms with Gasteiger partial charge in [-0.05, 0) is 50.0 Å². The molecule has 0 saturated heterocycles. The Morgan fingerprint density at radius 2 is 1.73 bits per heavy atom. The Labute approximate surface area is 223 Å². The van der Waals surface area contributed by atoms with Crippen molar-refractivity contribution >= 4 is 16.8 Å². The standard InChI is InChI=1S/C30H49N5O2/c1-5-30(36)18-15-24(21-30)27-33-32-26-22-31-28-25(35(26)27)16-19-34(28)23-37-20-14-12-10-8-6-7-9-11-13-17-29(2,3)4/h16,19,22,24,36H,5-15,17-18,20-21,23H2,1-4H3. The van der Waals surface area contributed by atoms with Gasteiger partial charge in [-0.1, -0.05) is 79.1 Å². The van der Waals surface area contributed by atoms with Crippen LogP contribution in [0.3, 0.4) is 0 Å². The predicted octanol–water partition coefficient (Wildman–Crippen LogP) is 7.41. The number of fused-ring (bicyclic) bond motifs is 3. The molecule has 0 spiro atoms. The highest BCUT2D eigenvalue weighted by Crippen LogP contribution is 2.42. The van der Waals surface area contributed by atoms with Gasteiger partial charge < -0.3 is 14.4 Å². The van der Waals surface area contributed by atoms with Gasteiger partial charge in [-0.25, -0.2) is 4.98 Å². The number of aliphatic hydroxyl groups is 1. The van der Waals surface area contributed by atoms with Crippen molar-refractivity contribution < 1.29 is 9.84 Å². The molecule has 3 heterocycles. The second kappa shape index (κ2) is 12.7. The number of aromatic nitrogens is 5. The second-order valence-corrected chi connectivity index (χ2v) is 12.6. The molecule has 7 heteroatoms. The van der Waals surface area contributed by atoms with Crippen molar-refractivity contribution in [2.75, 3.05) is 6.61 Å². The minimum absolute atomic E-state index is 0.221. The van der Waals surface area contributed by atoms with E-state index in [2.05, 4.69) is 57.9 Å². The molecule has 1 aliphatic rings. The van der Waals surface area contributed by atoms with Crippen LogP contribution >= 0.6 is 0 Å². The van der Waals surface area contributed by atoms with Gasteiger partial charge in [0.15, 0.2) is 11.3 Å². The number of nitrogens with zero attached hydrogens (tertiary/aromatic N) is 5. The molecule has 0 bridgehead atoms. The summed E-state index contributed by atoms with van der Waals surface area (Å²) in [6, 6.07) is 2.08. The molecule has 37 heavy (non-hydrogen) atoms. The minimum atomic E-state index is -0.575. The van der Waals surface area contributed by atoms with Gasteiger partial charge in [0.2, 0.25) is 0 Å². The summed E-state index contributed by atoms with van der Waals surface area (Å²) in [4.78, 5) is 4.65. The molecule has 7 nitrogen and oxygen atoms in total. The van der Waals surface area contributed by atoms with Crippen molar-refractivity contribution in [2.45, 2.75) is 136 Å². The largest absolute Gasteiger partial charge is 0.390 e. The third-order valence-corrected chi connectivity index (χ3v) is 8.22. The van der Waals surface area contributed by atoms with Crippen LogP contribution in [0, 0.1) is 5.41 Å². The molecule has 2 atom stereocenters. The van der Waals surface area contributed by atoms with Gasteiger partial charge in [-0.2, -0.15) is 0 Å². The van der Waals surface area contributed by atoms with Gasteiger partial charge in [-0.3, -0.25) is 4.40 Å². The molecule has 1 saturated carbocycles. The van der Waals surface area contributed by atoms with E-state index < -0.39 is 5.60 Å². The Morgan fingerprint density at radius 3 is 2.41 bits per heavy atom. The third-order valence-electron chi connectivity index (χ3n) is 8.22. The SMILES string of the molecule is CCC1(O)CCC(c2nnc3cnc4c(ccn4COCCCCCCCCCCCC(C)(C)C)n23)C1. The molecule has 0 aromatic carbocycles. The molecule has 0 radical (unpaired) electrons. The average molecular weight is 512 g/mol. The van der Waals surface area contributed by atoms with Gasteiger partial charge >= 0.3 is 0 Å². The van der Waals surface area contributed by atoms with Crippen molar-refractivity contribution in [1.29, 1.82) is 0 Å². The van der Waals surface area contributed by atoms with E-state index in [1.165, 1.54) is 57.8 Å². The number of hydrogen-bond donors (Lipinski definition) is 1. The molecule has 3 aromatic rings. The van der Waals surface area contributed by atoms with Crippen LogP contribution in [0.25, 0.3) is 16.8 Å². The first-order valence-electron chi connectivity index (χ1n) is 14.8. The number of hydrogen-bond acceptors (Lipinski definition) is 5. The Morgan fingerprint density at radius 1 is 1.03 bits per heavy atom. The summed E-state index contributed by atoms with van der Waals surface area (Å²) in [5.74, 6) is 1.16. The Hall–Kier alpha value is -1.99. The summed E-state index contributed by atoms with van der Waals surface area (Å²) in [5, 5.41) is 19.6. The molecule has 0 aliphatic heterocycles.